The first-order chi connectivity index (χ1) is 7.43. The summed E-state index contributed by atoms with van der Waals surface area (Å²) in [5, 5.41) is 7.39. The van der Waals surface area contributed by atoms with Gasteiger partial charge in [0, 0.05) is 26.2 Å². The zero-order valence-corrected chi connectivity index (χ0v) is 11.1. The van der Waals surface area contributed by atoms with Gasteiger partial charge >= 0.3 is 0 Å². The largest absolute Gasteiger partial charge is 0.326 e. The number of hydrogen-bond acceptors (Lipinski definition) is 5. The average Bonchev–Trinajstić information content (AvgIpc) is 2.74. The molecule has 0 bridgehead atoms. The second-order valence-corrected chi connectivity index (χ2v) is 6.33. The minimum Gasteiger partial charge on any atom is -0.326 e. The molecule has 2 N–H and O–H groups in total. The van der Waals surface area contributed by atoms with Gasteiger partial charge in [0.1, 0.15) is 0 Å². The topological polar surface area (TPSA) is 94.1 Å². The molecule has 2 rings (SSSR count). The Morgan fingerprint density at radius 3 is 2.69 bits per heavy atom. The van der Waals surface area contributed by atoms with Crippen molar-refractivity contribution in [2.75, 3.05) is 13.1 Å². The van der Waals surface area contributed by atoms with Crippen LogP contribution in [0.5, 0.6) is 0 Å². The number of aromatic nitrogens is 3. The number of aryl methyl sites for hydroxylation is 1. The van der Waals surface area contributed by atoms with Gasteiger partial charge in [-0.25, -0.2) is 13.1 Å². The van der Waals surface area contributed by atoms with Crippen molar-refractivity contribution in [2.45, 2.75) is 17.5 Å². The van der Waals surface area contributed by atoms with Gasteiger partial charge in [0.05, 0.1) is 0 Å². The first-order valence-electron chi connectivity index (χ1n) is 4.74. The van der Waals surface area contributed by atoms with E-state index in [4.69, 9.17) is 5.73 Å². The fourth-order valence-corrected chi connectivity index (χ4v) is 4.23. The number of nitrogens with two attached hydrogens (primary N) is 1. The SMILES string of the molecule is Cn1nnc(Br)c1S(=O)(=O)N1CC[C@@H](N)C1. The zero-order valence-electron chi connectivity index (χ0n) is 8.67. The minimum atomic E-state index is -3.55. The molecule has 1 aromatic heterocycles. The molecule has 1 saturated heterocycles. The van der Waals surface area contributed by atoms with Crippen LogP contribution in [0.25, 0.3) is 0 Å². The van der Waals surface area contributed by atoms with Crippen LogP contribution in [0.15, 0.2) is 9.63 Å². The summed E-state index contributed by atoms with van der Waals surface area (Å²) < 4.78 is 27.3. The van der Waals surface area contributed by atoms with Gasteiger partial charge in [0.15, 0.2) is 4.60 Å². The first kappa shape index (κ1) is 12.0. The lowest BCUT2D eigenvalue weighted by atomic mass is 10.3. The fraction of sp³-hybridized carbons (Fsp3) is 0.714. The van der Waals surface area contributed by atoms with E-state index in [1.54, 1.807) is 7.05 Å². The van der Waals surface area contributed by atoms with Gasteiger partial charge in [-0.15, -0.1) is 5.10 Å². The van der Waals surface area contributed by atoms with E-state index in [1.165, 1.54) is 8.99 Å². The van der Waals surface area contributed by atoms with Gasteiger partial charge in [-0.2, -0.15) is 4.31 Å². The molecule has 1 atom stereocenters. The molecule has 90 valence electrons. The Morgan fingerprint density at radius 1 is 1.56 bits per heavy atom. The van der Waals surface area contributed by atoms with Crippen molar-refractivity contribution in [3.8, 4) is 0 Å². The Balaban J connectivity index is 2.40. The summed E-state index contributed by atoms with van der Waals surface area (Å²) in [4.78, 5) is 0. The van der Waals surface area contributed by atoms with Gasteiger partial charge in [0.25, 0.3) is 10.0 Å². The van der Waals surface area contributed by atoms with Crippen LogP contribution in [-0.4, -0.2) is 46.8 Å². The molecule has 0 aromatic carbocycles. The number of nitrogens with zero attached hydrogens (tertiary/aromatic N) is 4. The lowest BCUT2D eigenvalue weighted by molar-refractivity contribution is 0.462. The number of halogens is 1. The van der Waals surface area contributed by atoms with Crippen molar-refractivity contribution in [3.05, 3.63) is 4.60 Å². The van der Waals surface area contributed by atoms with Crippen molar-refractivity contribution >= 4 is 26.0 Å². The highest BCUT2D eigenvalue weighted by molar-refractivity contribution is 9.10. The van der Waals surface area contributed by atoms with Crippen molar-refractivity contribution in [1.29, 1.82) is 0 Å². The number of sulfonamides is 1. The molecular formula is C7H12BrN5O2S. The lowest BCUT2D eigenvalue weighted by Crippen LogP contribution is -2.33. The standard InChI is InChI=1S/C7H12BrN5O2S/c1-12-7(6(8)10-11-12)16(14,15)13-3-2-5(9)4-13/h5H,2-4,9H2,1H3/t5-/m1/s1. The van der Waals surface area contributed by atoms with Crippen LogP contribution >= 0.6 is 15.9 Å². The summed E-state index contributed by atoms with van der Waals surface area (Å²) in [5.74, 6) is 0. The Bertz CT molecular complexity index is 479. The fourth-order valence-electron chi connectivity index (χ4n) is 1.69. The van der Waals surface area contributed by atoms with Crippen molar-refractivity contribution in [2.24, 2.45) is 12.8 Å². The molecule has 0 unspecified atom stereocenters. The maximum absolute atomic E-state index is 12.2. The Labute approximate surface area is 102 Å². The molecule has 0 aliphatic carbocycles. The average molecular weight is 310 g/mol. The monoisotopic (exact) mass is 309 g/mol. The molecule has 7 nitrogen and oxygen atoms in total. The van der Waals surface area contributed by atoms with E-state index in [0.29, 0.717) is 19.5 Å². The lowest BCUT2D eigenvalue weighted by Gasteiger charge is -2.15. The van der Waals surface area contributed by atoms with Gasteiger partial charge in [-0.1, -0.05) is 5.21 Å². The molecule has 0 spiro atoms. The highest BCUT2D eigenvalue weighted by atomic mass is 79.9. The molecule has 0 amide bonds. The Morgan fingerprint density at radius 2 is 2.25 bits per heavy atom. The molecule has 1 aliphatic heterocycles. The third-order valence-corrected chi connectivity index (χ3v) is 5.26. The van der Waals surface area contributed by atoms with E-state index in [-0.39, 0.29) is 15.7 Å². The smallest absolute Gasteiger partial charge is 0.263 e. The van der Waals surface area contributed by atoms with Gasteiger partial charge < -0.3 is 5.73 Å². The summed E-state index contributed by atoms with van der Waals surface area (Å²) in [5.41, 5.74) is 5.70. The van der Waals surface area contributed by atoms with Crippen LogP contribution in [0, 0.1) is 0 Å². The highest BCUT2D eigenvalue weighted by Crippen LogP contribution is 2.24. The molecular weight excluding hydrogens is 298 g/mol. The maximum atomic E-state index is 12.2. The van der Waals surface area contributed by atoms with Crippen molar-refractivity contribution < 1.29 is 8.42 Å². The number of rotatable bonds is 2. The van der Waals surface area contributed by atoms with Gasteiger partial charge in [-0.3, -0.25) is 0 Å². The third kappa shape index (κ3) is 1.88. The van der Waals surface area contributed by atoms with E-state index >= 15 is 0 Å². The highest BCUT2D eigenvalue weighted by Gasteiger charge is 2.35. The maximum Gasteiger partial charge on any atom is 0.263 e. The predicted octanol–water partition coefficient (Wildman–Crippen LogP) is -0.701. The van der Waals surface area contributed by atoms with E-state index in [2.05, 4.69) is 26.2 Å². The number of hydrogen-bond donors (Lipinski definition) is 1. The van der Waals surface area contributed by atoms with Crippen molar-refractivity contribution in [3.63, 3.8) is 0 Å². The molecule has 16 heavy (non-hydrogen) atoms. The van der Waals surface area contributed by atoms with Gasteiger partial charge in [-0.05, 0) is 22.4 Å². The van der Waals surface area contributed by atoms with Crippen molar-refractivity contribution in [1.82, 2.24) is 19.3 Å². The molecule has 1 aliphatic rings. The first-order valence-corrected chi connectivity index (χ1v) is 6.97. The Hall–Kier alpha value is -0.510. The minimum absolute atomic E-state index is 0.0709. The second-order valence-electron chi connectivity index (χ2n) is 3.72. The van der Waals surface area contributed by atoms with E-state index in [1.807, 2.05) is 0 Å². The molecule has 2 heterocycles. The van der Waals surface area contributed by atoms with Crippen LogP contribution in [0.4, 0.5) is 0 Å². The van der Waals surface area contributed by atoms with Gasteiger partial charge in [0.2, 0.25) is 5.03 Å². The van der Waals surface area contributed by atoms with Crippen LogP contribution in [0.3, 0.4) is 0 Å². The summed E-state index contributed by atoms with van der Waals surface area (Å²) in [6.07, 6.45) is 0.683. The molecule has 0 radical (unpaired) electrons. The summed E-state index contributed by atoms with van der Waals surface area (Å²) >= 11 is 3.08. The predicted molar refractivity (Wildman–Crippen MR) is 60.1 cm³/mol. The van der Waals surface area contributed by atoms with E-state index in [9.17, 15) is 8.42 Å². The molecule has 1 aromatic rings. The van der Waals surface area contributed by atoms with E-state index < -0.39 is 10.0 Å². The van der Waals surface area contributed by atoms with Crippen LogP contribution in [0.2, 0.25) is 0 Å². The summed E-state index contributed by atoms with van der Waals surface area (Å²) in [7, 11) is -2.00. The second kappa shape index (κ2) is 4.06. The van der Waals surface area contributed by atoms with Crippen LogP contribution in [0.1, 0.15) is 6.42 Å². The normalized spacial score (nSPS) is 22.8. The molecule has 9 heteroatoms. The zero-order chi connectivity index (χ0) is 11.9. The summed E-state index contributed by atoms with van der Waals surface area (Å²) in [6, 6.07) is -0.0882. The quantitative estimate of drug-likeness (QED) is 0.779. The Kier molecular flexibility index (Phi) is 3.03. The van der Waals surface area contributed by atoms with Crippen LogP contribution < -0.4 is 5.73 Å². The molecule has 0 saturated carbocycles. The summed E-state index contributed by atoms with van der Waals surface area (Å²) in [6.45, 7) is 0.793. The van der Waals surface area contributed by atoms with E-state index in [0.717, 1.165) is 0 Å². The van der Waals surface area contributed by atoms with Crippen LogP contribution in [-0.2, 0) is 17.1 Å². The molecule has 1 fully saturated rings. The third-order valence-electron chi connectivity index (χ3n) is 2.51.